The lowest BCUT2D eigenvalue weighted by atomic mass is 10.2. The molecule has 19 heavy (non-hydrogen) atoms. The van der Waals surface area contributed by atoms with Gasteiger partial charge >= 0.3 is 0 Å². The van der Waals surface area contributed by atoms with Crippen LogP contribution >= 0.6 is 34.5 Å². The molecule has 1 amide bonds. The number of thiazole rings is 1. The lowest BCUT2D eigenvalue weighted by Gasteiger charge is -2.05. The van der Waals surface area contributed by atoms with Crippen LogP contribution in [-0.4, -0.2) is 17.4 Å². The van der Waals surface area contributed by atoms with Crippen molar-refractivity contribution in [1.29, 1.82) is 0 Å². The Morgan fingerprint density at radius 2 is 2.16 bits per heavy atom. The number of hydrogen-bond donors (Lipinski definition) is 1. The van der Waals surface area contributed by atoms with Crippen LogP contribution in [0.25, 0.3) is 0 Å². The average molecular weight is 315 g/mol. The summed E-state index contributed by atoms with van der Waals surface area (Å²) in [5.74, 6) is -0.152. The van der Waals surface area contributed by atoms with Crippen LogP contribution in [0.15, 0.2) is 23.7 Å². The molecule has 1 heterocycles. The monoisotopic (exact) mass is 314 g/mol. The quantitative estimate of drug-likeness (QED) is 0.934. The highest BCUT2D eigenvalue weighted by Gasteiger charge is 2.08. The first kappa shape index (κ1) is 14.3. The standard InChI is InChI=1S/C13H12Cl2N2OS/c1-8-12(19-7-17-8)4-5-16-13(18)9-2-3-10(14)11(15)6-9/h2-3,6-7H,4-5H2,1H3,(H,16,18). The zero-order chi connectivity index (χ0) is 13.8. The minimum absolute atomic E-state index is 0.152. The maximum Gasteiger partial charge on any atom is 0.251 e. The normalized spacial score (nSPS) is 10.5. The second-order valence-electron chi connectivity index (χ2n) is 4.00. The molecule has 0 bridgehead atoms. The van der Waals surface area contributed by atoms with Gasteiger partial charge in [0.1, 0.15) is 0 Å². The highest BCUT2D eigenvalue weighted by molar-refractivity contribution is 7.09. The molecule has 0 aliphatic heterocycles. The van der Waals surface area contributed by atoms with Crippen LogP contribution < -0.4 is 5.32 Å². The molecule has 0 radical (unpaired) electrons. The topological polar surface area (TPSA) is 42.0 Å². The summed E-state index contributed by atoms with van der Waals surface area (Å²) in [6.07, 6.45) is 0.781. The van der Waals surface area contributed by atoms with Crippen LogP contribution in [0.5, 0.6) is 0 Å². The van der Waals surface area contributed by atoms with Crippen LogP contribution in [0.1, 0.15) is 20.9 Å². The van der Waals surface area contributed by atoms with E-state index in [4.69, 9.17) is 23.2 Å². The van der Waals surface area contributed by atoms with Crippen molar-refractivity contribution in [1.82, 2.24) is 10.3 Å². The molecule has 0 unspecified atom stereocenters. The minimum Gasteiger partial charge on any atom is -0.352 e. The number of hydrogen-bond acceptors (Lipinski definition) is 3. The molecule has 0 fully saturated rings. The Morgan fingerprint density at radius 3 is 2.79 bits per heavy atom. The van der Waals surface area contributed by atoms with Gasteiger partial charge in [-0.05, 0) is 25.1 Å². The third kappa shape index (κ3) is 3.69. The Labute approximate surface area is 125 Å². The third-order valence-electron chi connectivity index (χ3n) is 2.66. The molecular formula is C13H12Cl2N2OS. The van der Waals surface area contributed by atoms with Gasteiger partial charge in [0, 0.05) is 23.4 Å². The van der Waals surface area contributed by atoms with Crippen LogP contribution in [0.4, 0.5) is 0 Å². The smallest absolute Gasteiger partial charge is 0.251 e. The molecule has 0 aliphatic rings. The summed E-state index contributed by atoms with van der Waals surface area (Å²) >= 11 is 13.3. The molecular weight excluding hydrogens is 303 g/mol. The van der Waals surface area contributed by atoms with E-state index in [1.54, 1.807) is 29.5 Å². The summed E-state index contributed by atoms with van der Waals surface area (Å²) in [7, 11) is 0. The number of amides is 1. The molecule has 0 atom stereocenters. The largest absolute Gasteiger partial charge is 0.352 e. The Hall–Kier alpha value is -1.10. The van der Waals surface area contributed by atoms with Gasteiger partial charge in [-0.25, -0.2) is 4.98 Å². The third-order valence-corrected chi connectivity index (χ3v) is 4.40. The van der Waals surface area contributed by atoms with E-state index >= 15 is 0 Å². The Bertz CT molecular complexity index is 598. The van der Waals surface area contributed by atoms with Crippen molar-refractivity contribution in [3.63, 3.8) is 0 Å². The van der Waals surface area contributed by atoms with Crippen LogP contribution in [-0.2, 0) is 6.42 Å². The van der Waals surface area contributed by atoms with E-state index in [0.29, 0.717) is 22.2 Å². The van der Waals surface area contributed by atoms with Crippen molar-refractivity contribution in [2.75, 3.05) is 6.54 Å². The van der Waals surface area contributed by atoms with Crippen molar-refractivity contribution < 1.29 is 4.79 Å². The van der Waals surface area contributed by atoms with Gasteiger partial charge in [-0.15, -0.1) is 11.3 Å². The second-order valence-corrected chi connectivity index (χ2v) is 5.75. The van der Waals surface area contributed by atoms with Crippen molar-refractivity contribution in [3.8, 4) is 0 Å². The Morgan fingerprint density at radius 1 is 1.37 bits per heavy atom. The van der Waals surface area contributed by atoms with Crippen molar-refractivity contribution in [2.45, 2.75) is 13.3 Å². The number of nitrogens with one attached hydrogen (secondary N) is 1. The number of halogens is 2. The van der Waals surface area contributed by atoms with Gasteiger partial charge in [0.2, 0.25) is 0 Å². The molecule has 0 saturated carbocycles. The first-order chi connectivity index (χ1) is 9.08. The molecule has 3 nitrogen and oxygen atoms in total. The van der Waals surface area contributed by atoms with Crippen LogP contribution in [0, 0.1) is 6.92 Å². The molecule has 0 saturated heterocycles. The lowest BCUT2D eigenvalue weighted by Crippen LogP contribution is -2.25. The Balaban J connectivity index is 1.91. The van der Waals surface area contributed by atoms with Crippen LogP contribution in [0.2, 0.25) is 10.0 Å². The number of carbonyl (C=O) groups is 1. The second kappa shape index (κ2) is 6.37. The fraction of sp³-hybridized carbons (Fsp3) is 0.231. The van der Waals surface area contributed by atoms with Gasteiger partial charge in [0.15, 0.2) is 0 Å². The molecule has 1 aromatic heterocycles. The summed E-state index contributed by atoms with van der Waals surface area (Å²) in [5.41, 5.74) is 3.34. The highest BCUT2D eigenvalue weighted by atomic mass is 35.5. The zero-order valence-electron chi connectivity index (χ0n) is 10.2. The van der Waals surface area contributed by atoms with Gasteiger partial charge in [0.05, 0.1) is 21.2 Å². The van der Waals surface area contributed by atoms with Crippen molar-refractivity contribution >= 4 is 40.4 Å². The number of aromatic nitrogens is 1. The maximum atomic E-state index is 11.9. The summed E-state index contributed by atoms with van der Waals surface area (Å²) in [6.45, 7) is 2.54. The van der Waals surface area contributed by atoms with E-state index in [0.717, 1.165) is 12.1 Å². The molecule has 0 spiro atoms. The Kier molecular flexibility index (Phi) is 4.80. The average Bonchev–Trinajstić information content (AvgIpc) is 2.78. The van der Waals surface area contributed by atoms with E-state index in [1.165, 1.54) is 4.88 Å². The predicted octanol–water partition coefficient (Wildman–Crippen LogP) is 3.73. The summed E-state index contributed by atoms with van der Waals surface area (Å²) < 4.78 is 0. The van der Waals surface area contributed by atoms with Gasteiger partial charge in [-0.2, -0.15) is 0 Å². The van der Waals surface area contributed by atoms with E-state index in [1.807, 2.05) is 12.4 Å². The van der Waals surface area contributed by atoms with Crippen molar-refractivity contribution in [2.24, 2.45) is 0 Å². The SMILES string of the molecule is Cc1ncsc1CCNC(=O)c1ccc(Cl)c(Cl)c1. The number of carbonyl (C=O) groups excluding carboxylic acids is 1. The number of benzene rings is 1. The minimum atomic E-state index is -0.152. The van der Waals surface area contributed by atoms with E-state index < -0.39 is 0 Å². The van der Waals surface area contributed by atoms with Crippen LogP contribution in [0.3, 0.4) is 0 Å². The van der Waals surface area contributed by atoms with Gasteiger partial charge in [-0.3, -0.25) is 4.79 Å². The highest BCUT2D eigenvalue weighted by Crippen LogP contribution is 2.22. The number of rotatable bonds is 4. The van der Waals surface area contributed by atoms with Crippen molar-refractivity contribution in [3.05, 3.63) is 49.9 Å². The van der Waals surface area contributed by atoms with Gasteiger partial charge in [-0.1, -0.05) is 23.2 Å². The molecule has 1 aromatic carbocycles. The fourth-order valence-corrected chi connectivity index (χ4v) is 2.67. The first-order valence-corrected chi connectivity index (χ1v) is 7.33. The van der Waals surface area contributed by atoms with E-state index in [2.05, 4.69) is 10.3 Å². The zero-order valence-corrected chi connectivity index (χ0v) is 12.6. The summed E-state index contributed by atoms with van der Waals surface area (Å²) in [5, 5.41) is 3.67. The van der Waals surface area contributed by atoms with Gasteiger partial charge < -0.3 is 5.32 Å². The summed E-state index contributed by atoms with van der Waals surface area (Å²) in [6, 6.07) is 4.84. The summed E-state index contributed by atoms with van der Waals surface area (Å²) in [4.78, 5) is 17.3. The fourth-order valence-electron chi connectivity index (χ4n) is 1.60. The maximum absolute atomic E-state index is 11.9. The van der Waals surface area contributed by atoms with E-state index in [9.17, 15) is 4.79 Å². The number of nitrogens with zero attached hydrogens (tertiary/aromatic N) is 1. The predicted molar refractivity (Wildman–Crippen MR) is 79.4 cm³/mol. The molecule has 100 valence electrons. The molecule has 0 aliphatic carbocycles. The first-order valence-electron chi connectivity index (χ1n) is 5.70. The lowest BCUT2D eigenvalue weighted by molar-refractivity contribution is 0.0954. The molecule has 1 N–H and O–H groups in total. The van der Waals surface area contributed by atoms with Gasteiger partial charge in [0.25, 0.3) is 5.91 Å². The van der Waals surface area contributed by atoms with E-state index in [-0.39, 0.29) is 5.91 Å². The number of aryl methyl sites for hydroxylation is 1. The molecule has 2 rings (SSSR count). The molecule has 6 heteroatoms. The molecule has 2 aromatic rings.